The Morgan fingerprint density at radius 1 is 1.38 bits per heavy atom. The van der Waals surface area contributed by atoms with E-state index in [9.17, 15) is 5.11 Å². The molecule has 0 aliphatic heterocycles. The lowest BCUT2D eigenvalue weighted by molar-refractivity contribution is 0.102. The van der Waals surface area contributed by atoms with Crippen molar-refractivity contribution in [2.45, 2.75) is 45.6 Å². The van der Waals surface area contributed by atoms with Crippen molar-refractivity contribution >= 4 is 5.84 Å². The van der Waals surface area contributed by atoms with Crippen LogP contribution in [0.15, 0.2) is 5.16 Å². The van der Waals surface area contributed by atoms with Gasteiger partial charge in [-0.1, -0.05) is 31.8 Å². The number of aliphatic hydroxyl groups excluding tert-OH is 1. The van der Waals surface area contributed by atoms with Crippen molar-refractivity contribution in [3.05, 3.63) is 0 Å². The van der Waals surface area contributed by atoms with Crippen LogP contribution in [0, 0.1) is 5.92 Å². The first-order chi connectivity index (χ1) is 7.65. The van der Waals surface area contributed by atoms with Crippen LogP contribution >= 0.6 is 0 Å². The van der Waals surface area contributed by atoms with Gasteiger partial charge in [0.15, 0.2) is 0 Å². The van der Waals surface area contributed by atoms with Crippen molar-refractivity contribution in [2.24, 2.45) is 16.8 Å². The lowest BCUT2D eigenvalue weighted by atomic mass is 9.96. The van der Waals surface area contributed by atoms with Crippen LogP contribution in [0.1, 0.15) is 39.5 Å². The Balaban J connectivity index is 3.51. The molecule has 0 aliphatic carbocycles. The maximum Gasteiger partial charge on any atom is 0.139 e. The fourth-order valence-electron chi connectivity index (χ4n) is 1.69. The van der Waals surface area contributed by atoms with Gasteiger partial charge in [0, 0.05) is 13.0 Å². The van der Waals surface area contributed by atoms with Crippen molar-refractivity contribution in [1.82, 2.24) is 5.32 Å². The number of rotatable bonds is 9. The second-order valence-electron chi connectivity index (χ2n) is 4.04. The van der Waals surface area contributed by atoms with Crippen LogP contribution in [-0.4, -0.2) is 35.3 Å². The third kappa shape index (κ3) is 6.63. The number of aliphatic hydroxyl groups is 1. The van der Waals surface area contributed by atoms with E-state index in [0.29, 0.717) is 18.9 Å². The van der Waals surface area contributed by atoms with Gasteiger partial charge in [-0.15, -0.1) is 0 Å². The van der Waals surface area contributed by atoms with E-state index in [4.69, 9.17) is 10.9 Å². The molecule has 0 rings (SSSR count). The van der Waals surface area contributed by atoms with Crippen LogP contribution in [0.2, 0.25) is 0 Å². The average molecular weight is 231 g/mol. The normalized spacial score (nSPS) is 14.4. The molecule has 0 saturated heterocycles. The number of amidine groups is 1. The van der Waals surface area contributed by atoms with Gasteiger partial charge in [0.2, 0.25) is 0 Å². The van der Waals surface area contributed by atoms with Gasteiger partial charge in [-0.25, -0.2) is 0 Å². The molecule has 0 aromatic heterocycles. The van der Waals surface area contributed by atoms with Crippen molar-refractivity contribution in [2.75, 3.05) is 13.1 Å². The Morgan fingerprint density at radius 2 is 2.00 bits per heavy atom. The molecule has 16 heavy (non-hydrogen) atoms. The van der Waals surface area contributed by atoms with E-state index in [1.54, 1.807) is 0 Å². The third-order valence-electron chi connectivity index (χ3n) is 2.86. The Labute approximate surface area is 97.7 Å². The standard InChI is InChI=1S/C11H25N3O2/c1-3-9(4-2)10(15)8-13-7-5-6-11(12)14-16/h9-10,13,15-16H,3-8H2,1-2H3,(H2,12,14). The molecule has 0 bridgehead atoms. The summed E-state index contributed by atoms with van der Waals surface area (Å²) in [6.07, 6.45) is 3.11. The van der Waals surface area contributed by atoms with Gasteiger partial charge in [-0.05, 0) is 18.9 Å². The van der Waals surface area contributed by atoms with E-state index in [0.717, 1.165) is 25.8 Å². The lowest BCUT2D eigenvalue weighted by Crippen LogP contribution is -2.33. The van der Waals surface area contributed by atoms with E-state index >= 15 is 0 Å². The summed E-state index contributed by atoms with van der Waals surface area (Å²) >= 11 is 0. The summed E-state index contributed by atoms with van der Waals surface area (Å²) in [5, 5.41) is 24.2. The largest absolute Gasteiger partial charge is 0.409 e. The summed E-state index contributed by atoms with van der Waals surface area (Å²) in [6.45, 7) is 5.57. The quantitative estimate of drug-likeness (QED) is 0.156. The van der Waals surface area contributed by atoms with E-state index < -0.39 is 0 Å². The zero-order valence-electron chi connectivity index (χ0n) is 10.3. The Bertz CT molecular complexity index is 194. The van der Waals surface area contributed by atoms with Gasteiger partial charge in [-0.2, -0.15) is 0 Å². The molecule has 5 nitrogen and oxygen atoms in total. The average Bonchev–Trinajstić information content (AvgIpc) is 2.29. The number of hydrogen-bond donors (Lipinski definition) is 4. The highest BCUT2D eigenvalue weighted by Crippen LogP contribution is 2.12. The molecular formula is C11H25N3O2. The number of hydrogen-bond acceptors (Lipinski definition) is 4. The van der Waals surface area contributed by atoms with Gasteiger partial charge in [0.05, 0.1) is 6.10 Å². The summed E-state index contributed by atoms with van der Waals surface area (Å²) in [5.74, 6) is 0.624. The van der Waals surface area contributed by atoms with E-state index in [1.165, 1.54) is 0 Å². The highest BCUT2D eigenvalue weighted by Gasteiger charge is 2.14. The van der Waals surface area contributed by atoms with Crippen LogP contribution in [-0.2, 0) is 0 Å². The summed E-state index contributed by atoms with van der Waals surface area (Å²) in [7, 11) is 0. The first kappa shape index (κ1) is 15.2. The Morgan fingerprint density at radius 3 is 2.50 bits per heavy atom. The molecule has 0 spiro atoms. The molecule has 1 unspecified atom stereocenters. The molecule has 0 saturated carbocycles. The van der Waals surface area contributed by atoms with Gasteiger partial charge in [0.25, 0.3) is 0 Å². The molecule has 0 aromatic carbocycles. The summed E-state index contributed by atoms with van der Waals surface area (Å²) in [5.41, 5.74) is 5.33. The minimum absolute atomic E-state index is 0.252. The second-order valence-corrected chi connectivity index (χ2v) is 4.04. The van der Waals surface area contributed by atoms with E-state index in [2.05, 4.69) is 24.3 Å². The number of oxime groups is 1. The van der Waals surface area contributed by atoms with Crippen molar-refractivity contribution in [3.8, 4) is 0 Å². The minimum atomic E-state index is -0.279. The fourth-order valence-corrected chi connectivity index (χ4v) is 1.69. The number of nitrogens with two attached hydrogens (primary N) is 1. The molecule has 5 N–H and O–H groups in total. The van der Waals surface area contributed by atoms with Crippen LogP contribution < -0.4 is 11.1 Å². The first-order valence-electron chi connectivity index (χ1n) is 6.00. The lowest BCUT2D eigenvalue weighted by Gasteiger charge is -2.20. The van der Waals surface area contributed by atoms with Crippen LogP contribution in [0.5, 0.6) is 0 Å². The van der Waals surface area contributed by atoms with Crippen molar-refractivity contribution < 1.29 is 10.3 Å². The maximum atomic E-state index is 9.81. The SMILES string of the molecule is CCC(CC)C(O)CNCCCC(N)=NO. The number of nitrogens with zero attached hydrogens (tertiary/aromatic N) is 1. The Kier molecular flexibility index (Phi) is 8.94. The predicted molar refractivity (Wildman–Crippen MR) is 65.6 cm³/mol. The van der Waals surface area contributed by atoms with E-state index in [-0.39, 0.29) is 11.9 Å². The molecule has 96 valence electrons. The minimum Gasteiger partial charge on any atom is -0.409 e. The molecule has 0 heterocycles. The molecule has 0 fully saturated rings. The molecule has 0 aromatic rings. The third-order valence-corrected chi connectivity index (χ3v) is 2.86. The smallest absolute Gasteiger partial charge is 0.139 e. The summed E-state index contributed by atoms with van der Waals surface area (Å²) in [6, 6.07) is 0. The van der Waals surface area contributed by atoms with E-state index in [1.807, 2.05) is 0 Å². The molecule has 0 amide bonds. The number of nitrogens with one attached hydrogen (secondary N) is 1. The monoisotopic (exact) mass is 231 g/mol. The van der Waals surface area contributed by atoms with Crippen LogP contribution in [0.25, 0.3) is 0 Å². The van der Waals surface area contributed by atoms with Crippen LogP contribution in [0.4, 0.5) is 0 Å². The highest BCUT2D eigenvalue weighted by atomic mass is 16.4. The van der Waals surface area contributed by atoms with Gasteiger partial charge in [0.1, 0.15) is 5.84 Å². The molecule has 1 atom stereocenters. The van der Waals surface area contributed by atoms with Crippen molar-refractivity contribution in [3.63, 3.8) is 0 Å². The predicted octanol–water partition coefficient (Wildman–Crippen LogP) is 0.900. The van der Waals surface area contributed by atoms with Crippen molar-refractivity contribution in [1.29, 1.82) is 0 Å². The summed E-state index contributed by atoms with van der Waals surface area (Å²) in [4.78, 5) is 0. The first-order valence-corrected chi connectivity index (χ1v) is 6.00. The Hall–Kier alpha value is -0.810. The maximum absolute atomic E-state index is 9.81. The zero-order valence-corrected chi connectivity index (χ0v) is 10.3. The van der Waals surface area contributed by atoms with Crippen LogP contribution in [0.3, 0.4) is 0 Å². The topological polar surface area (TPSA) is 90.9 Å². The zero-order chi connectivity index (χ0) is 12.4. The second kappa shape index (κ2) is 9.42. The molecular weight excluding hydrogens is 206 g/mol. The summed E-state index contributed by atoms with van der Waals surface area (Å²) < 4.78 is 0. The van der Waals surface area contributed by atoms with Gasteiger partial charge < -0.3 is 21.4 Å². The molecule has 0 radical (unpaired) electrons. The highest BCUT2D eigenvalue weighted by molar-refractivity contribution is 5.79. The fraction of sp³-hybridized carbons (Fsp3) is 0.909. The molecule has 0 aliphatic rings. The molecule has 5 heteroatoms. The van der Waals surface area contributed by atoms with Gasteiger partial charge in [-0.3, -0.25) is 0 Å². The van der Waals surface area contributed by atoms with Gasteiger partial charge >= 0.3 is 0 Å².